The predicted molar refractivity (Wildman–Crippen MR) is 71.3 cm³/mol. The zero-order chi connectivity index (χ0) is 12.4. The van der Waals surface area contributed by atoms with Crippen molar-refractivity contribution in [3.8, 4) is 17.2 Å². The predicted octanol–water partition coefficient (Wildman–Crippen LogP) is 3.63. The maximum absolute atomic E-state index is 5.42. The van der Waals surface area contributed by atoms with Crippen molar-refractivity contribution < 1.29 is 14.2 Å². The molecule has 0 aliphatic carbocycles. The van der Waals surface area contributed by atoms with E-state index in [0.29, 0.717) is 11.5 Å². The van der Waals surface area contributed by atoms with Gasteiger partial charge in [-0.15, -0.1) is 0 Å². The third kappa shape index (κ3) is 1.82. The molecule has 0 N–H and O–H groups in total. The van der Waals surface area contributed by atoms with Gasteiger partial charge in [-0.25, -0.2) is 0 Å². The summed E-state index contributed by atoms with van der Waals surface area (Å²) >= 11 is 3.48. The van der Waals surface area contributed by atoms with Crippen LogP contribution < -0.4 is 14.2 Å². The number of fused-ring (bicyclic) bond motifs is 1. The fourth-order valence-corrected chi connectivity index (χ4v) is 2.62. The molecule has 90 valence electrons. The van der Waals surface area contributed by atoms with E-state index in [0.717, 1.165) is 21.0 Å². The molecule has 0 radical (unpaired) electrons. The highest BCUT2D eigenvalue weighted by Crippen LogP contribution is 2.48. The van der Waals surface area contributed by atoms with Gasteiger partial charge >= 0.3 is 0 Å². The van der Waals surface area contributed by atoms with Crippen molar-refractivity contribution >= 4 is 26.7 Å². The van der Waals surface area contributed by atoms with Crippen LogP contribution in [0, 0.1) is 0 Å². The third-order valence-electron chi connectivity index (χ3n) is 2.63. The molecule has 0 atom stereocenters. The van der Waals surface area contributed by atoms with Gasteiger partial charge in [0.2, 0.25) is 0 Å². The first-order valence-corrected chi connectivity index (χ1v) is 5.90. The van der Waals surface area contributed by atoms with Gasteiger partial charge < -0.3 is 14.2 Å². The molecule has 0 saturated heterocycles. The second kappa shape index (κ2) is 4.84. The smallest absolute Gasteiger partial charge is 0.179 e. The van der Waals surface area contributed by atoms with E-state index >= 15 is 0 Å². The topological polar surface area (TPSA) is 27.7 Å². The molecule has 0 spiro atoms. The molecule has 0 heterocycles. The minimum Gasteiger partial charge on any atom is -0.495 e. The highest BCUT2D eigenvalue weighted by Gasteiger charge is 2.19. The monoisotopic (exact) mass is 296 g/mol. The van der Waals surface area contributed by atoms with E-state index in [4.69, 9.17) is 14.2 Å². The summed E-state index contributed by atoms with van der Waals surface area (Å²) in [4.78, 5) is 0. The lowest BCUT2D eigenvalue weighted by Gasteiger charge is -2.16. The van der Waals surface area contributed by atoms with Crippen LogP contribution in [-0.4, -0.2) is 21.3 Å². The molecule has 3 nitrogen and oxygen atoms in total. The molecule has 0 bridgehead atoms. The number of methoxy groups -OCH3 is 3. The van der Waals surface area contributed by atoms with Gasteiger partial charge in [0.1, 0.15) is 10.2 Å². The summed E-state index contributed by atoms with van der Waals surface area (Å²) in [5.74, 6) is 2.09. The molecular formula is C13H13BrO3. The molecule has 17 heavy (non-hydrogen) atoms. The standard InChI is InChI=1S/C13H13BrO3/c1-15-11-8-6-4-5-7-9(8)12(16-2)13(17-3)10(11)14/h4-7H,1-3H3. The quantitative estimate of drug-likeness (QED) is 0.866. The highest BCUT2D eigenvalue weighted by molar-refractivity contribution is 9.10. The van der Waals surface area contributed by atoms with Crippen LogP contribution in [0.5, 0.6) is 17.2 Å². The van der Waals surface area contributed by atoms with E-state index in [1.54, 1.807) is 21.3 Å². The van der Waals surface area contributed by atoms with Gasteiger partial charge in [0.15, 0.2) is 11.5 Å². The summed E-state index contributed by atoms with van der Waals surface area (Å²) in [7, 11) is 4.87. The van der Waals surface area contributed by atoms with Crippen molar-refractivity contribution in [1.82, 2.24) is 0 Å². The largest absolute Gasteiger partial charge is 0.495 e. The molecule has 0 unspecified atom stereocenters. The molecule has 0 amide bonds. The minimum atomic E-state index is 0.642. The first-order chi connectivity index (χ1) is 8.24. The Kier molecular flexibility index (Phi) is 3.43. The Morgan fingerprint density at radius 1 is 0.765 bits per heavy atom. The average molecular weight is 297 g/mol. The Morgan fingerprint density at radius 2 is 1.24 bits per heavy atom. The second-order valence-electron chi connectivity index (χ2n) is 3.46. The zero-order valence-corrected chi connectivity index (χ0v) is 11.5. The molecule has 0 aliphatic rings. The first-order valence-electron chi connectivity index (χ1n) is 5.10. The fourth-order valence-electron chi connectivity index (χ4n) is 1.91. The fraction of sp³-hybridized carbons (Fsp3) is 0.231. The van der Waals surface area contributed by atoms with Crippen molar-refractivity contribution in [2.24, 2.45) is 0 Å². The number of halogens is 1. The number of hydrogen-bond donors (Lipinski definition) is 0. The second-order valence-corrected chi connectivity index (χ2v) is 4.25. The van der Waals surface area contributed by atoms with Gasteiger partial charge in [-0.2, -0.15) is 0 Å². The maximum atomic E-state index is 5.42. The molecule has 4 heteroatoms. The van der Waals surface area contributed by atoms with Crippen LogP contribution in [0.15, 0.2) is 28.7 Å². The number of hydrogen-bond acceptors (Lipinski definition) is 3. The summed E-state index contributed by atoms with van der Waals surface area (Å²) in [6, 6.07) is 7.88. The summed E-state index contributed by atoms with van der Waals surface area (Å²) in [5.41, 5.74) is 0. The van der Waals surface area contributed by atoms with Crippen LogP contribution in [-0.2, 0) is 0 Å². The van der Waals surface area contributed by atoms with Crippen molar-refractivity contribution in [2.45, 2.75) is 0 Å². The van der Waals surface area contributed by atoms with E-state index in [1.807, 2.05) is 24.3 Å². The molecule has 2 rings (SSSR count). The number of ether oxygens (including phenoxy) is 3. The van der Waals surface area contributed by atoms with Crippen LogP contribution in [0.3, 0.4) is 0 Å². The lowest BCUT2D eigenvalue weighted by Crippen LogP contribution is -1.96. The van der Waals surface area contributed by atoms with E-state index in [-0.39, 0.29) is 0 Å². The van der Waals surface area contributed by atoms with Crippen molar-refractivity contribution in [1.29, 1.82) is 0 Å². The SMILES string of the molecule is COc1c(Br)c(OC)c2ccccc2c1OC. The van der Waals surface area contributed by atoms with Crippen molar-refractivity contribution in [3.63, 3.8) is 0 Å². The Balaban J connectivity index is 2.93. The number of rotatable bonds is 3. The lowest BCUT2D eigenvalue weighted by molar-refractivity contribution is 0.351. The Morgan fingerprint density at radius 3 is 1.71 bits per heavy atom. The average Bonchev–Trinajstić information content (AvgIpc) is 2.37. The molecule has 2 aromatic rings. The minimum absolute atomic E-state index is 0.642. The van der Waals surface area contributed by atoms with Gasteiger partial charge in [-0.1, -0.05) is 24.3 Å². The Hall–Kier alpha value is -1.42. The van der Waals surface area contributed by atoms with Crippen molar-refractivity contribution in [3.05, 3.63) is 28.7 Å². The van der Waals surface area contributed by atoms with Gasteiger partial charge in [0, 0.05) is 10.8 Å². The lowest BCUT2D eigenvalue weighted by atomic mass is 10.1. The highest BCUT2D eigenvalue weighted by atomic mass is 79.9. The third-order valence-corrected chi connectivity index (χ3v) is 3.35. The van der Waals surface area contributed by atoms with E-state index in [1.165, 1.54) is 0 Å². The molecule has 2 aromatic carbocycles. The molecule has 0 fully saturated rings. The summed E-state index contributed by atoms with van der Waals surface area (Å²) < 4.78 is 17.0. The normalized spacial score (nSPS) is 10.4. The van der Waals surface area contributed by atoms with Crippen LogP contribution in [0.25, 0.3) is 10.8 Å². The maximum Gasteiger partial charge on any atom is 0.179 e. The summed E-state index contributed by atoms with van der Waals surface area (Å²) in [6.07, 6.45) is 0. The van der Waals surface area contributed by atoms with Crippen LogP contribution in [0.1, 0.15) is 0 Å². The molecular weight excluding hydrogens is 284 g/mol. The Bertz CT molecular complexity index is 552. The molecule has 0 aliphatic heterocycles. The van der Waals surface area contributed by atoms with Crippen molar-refractivity contribution in [2.75, 3.05) is 21.3 Å². The van der Waals surface area contributed by atoms with Gasteiger partial charge in [0.25, 0.3) is 0 Å². The zero-order valence-electron chi connectivity index (χ0n) is 9.91. The van der Waals surface area contributed by atoms with Gasteiger partial charge in [0.05, 0.1) is 21.3 Å². The summed E-state index contributed by atoms with van der Waals surface area (Å²) in [5, 5.41) is 1.95. The van der Waals surface area contributed by atoms with E-state index in [2.05, 4.69) is 15.9 Å². The Labute approximate surface area is 108 Å². The first kappa shape index (κ1) is 12.0. The van der Waals surface area contributed by atoms with Gasteiger partial charge in [-0.3, -0.25) is 0 Å². The van der Waals surface area contributed by atoms with E-state index < -0.39 is 0 Å². The number of benzene rings is 2. The van der Waals surface area contributed by atoms with Crippen LogP contribution >= 0.6 is 15.9 Å². The van der Waals surface area contributed by atoms with Crippen LogP contribution in [0.4, 0.5) is 0 Å². The van der Waals surface area contributed by atoms with Gasteiger partial charge in [-0.05, 0) is 15.9 Å². The molecule has 0 aromatic heterocycles. The van der Waals surface area contributed by atoms with Crippen LogP contribution in [0.2, 0.25) is 0 Å². The van der Waals surface area contributed by atoms with E-state index in [9.17, 15) is 0 Å². The molecule has 0 saturated carbocycles. The summed E-state index contributed by atoms with van der Waals surface area (Å²) in [6.45, 7) is 0.